The molecule has 124 valence electrons. The molecule has 3 rings (SSSR count). The first-order valence-corrected chi connectivity index (χ1v) is 8.41. The van der Waals surface area contributed by atoms with Gasteiger partial charge in [-0.25, -0.2) is 0 Å². The minimum Gasteiger partial charge on any atom is -0.491 e. The minimum absolute atomic E-state index is 0.204. The molecule has 0 amide bonds. The maximum absolute atomic E-state index is 10.2. The van der Waals surface area contributed by atoms with Gasteiger partial charge in [-0.2, -0.15) is 5.26 Å². The molecule has 0 bridgehead atoms. The molecule has 1 aromatic carbocycles. The molecule has 5 nitrogen and oxygen atoms in total. The van der Waals surface area contributed by atoms with Gasteiger partial charge >= 0.3 is 0 Å². The molecular weight excluding hydrogens is 292 g/mol. The molecular formula is C18H24N2O3. The van der Waals surface area contributed by atoms with Crippen molar-refractivity contribution >= 4 is 0 Å². The van der Waals surface area contributed by atoms with E-state index >= 15 is 0 Å². The van der Waals surface area contributed by atoms with E-state index in [4.69, 9.17) is 14.7 Å². The van der Waals surface area contributed by atoms with Crippen molar-refractivity contribution in [1.82, 2.24) is 4.90 Å². The number of benzene rings is 1. The van der Waals surface area contributed by atoms with Crippen molar-refractivity contribution in [3.05, 3.63) is 29.8 Å². The molecule has 1 aliphatic heterocycles. The quantitative estimate of drug-likeness (QED) is 0.897. The van der Waals surface area contributed by atoms with Crippen LogP contribution in [0.25, 0.3) is 0 Å². The van der Waals surface area contributed by atoms with Crippen LogP contribution in [0.5, 0.6) is 5.75 Å². The van der Waals surface area contributed by atoms with Crippen LogP contribution in [0.2, 0.25) is 0 Å². The molecule has 1 saturated heterocycles. The van der Waals surface area contributed by atoms with E-state index < -0.39 is 0 Å². The summed E-state index contributed by atoms with van der Waals surface area (Å²) in [6.07, 6.45) is 2.87. The fourth-order valence-corrected chi connectivity index (χ4v) is 3.70. The normalized spacial score (nSPS) is 28.4. The number of nitrogens with zero attached hydrogens (tertiary/aromatic N) is 2. The molecule has 3 unspecified atom stereocenters. The third-order valence-electron chi connectivity index (χ3n) is 4.95. The van der Waals surface area contributed by atoms with Crippen LogP contribution >= 0.6 is 0 Å². The third-order valence-corrected chi connectivity index (χ3v) is 4.95. The summed E-state index contributed by atoms with van der Waals surface area (Å²) in [5, 5.41) is 19.3. The highest BCUT2D eigenvalue weighted by atomic mass is 16.5. The average Bonchev–Trinajstić information content (AvgIpc) is 3.01. The van der Waals surface area contributed by atoms with Crippen molar-refractivity contribution in [2.24, 2.45) is 5.92 Å². The number of ether oxygens (including phenoxy) is 2. The third kappa shape index (κ3) is 3.84. The predicted octanol–water partition coefficient (Wildman–Crippen LogP) is 1.80. The van der Waals surface area contributed by atoms with Crippen molar-refractivity contribution in [2.75, 3.05) is 32.9 Å². The number of nitriles is 1. The predicted molar refractivity (Wildman–Crippen MR) is 86.2 cm³/mol. The summed E-state index contributed by atoms with van der Waals surface area (Å²) in [5.74, 6) is 0.947. The van der Waals surface area contributed by atoms with Gasteiger partial charge in [-0.15, -0.1) is 0 Å². The molecule has 0 aromatic heterocycles. The van der Waals surface area contributed by atoms with Crippen LogP contribution in [0.1, 0.15) is 24.8 Å². The molecule has 0 radical (unpaired) electrons. The molecule has 1 heterocycles. The van der Waals surface area contributed by atoms with E-state index in [0.717, 1.165) is 39.0 Å². The van der Waals surface area contributed by atoms with Gasteiger partial charge in [-0.3, -0.25) is 4.90 Å². The molecule has 2 fully saturated rings. The first-order valence-electron chi connectivity index (χ1n) is 8.41. The number of morpholine rings is 1. The average molecular weight is 316 g/mol. The lowest BCUT2D eigenvalue weighted by Gasteiger charge is -2.40. The zero-order valence-corrected chi connectivity index (χ0v) is 13.4. The fraction of sp³-hybridized carbons (Fsp3) is 0.611. The summed E-state index contributed by atoms with van der Waals surface area (Å²) in [6, 6.07) is 9.74. The lowest BCUT2D eigenvalue weighted by atomic mass is 9.94. The van der Waals surface area contributed by atoms with Crippen LogP contribution in [-0.4, -0.2) is 55.1 Å². The second-order valence-corrected chi connectivity index (χ2v) is 6.30. The van der Waals surface area contributed by atoms with Gasteiger partial charge in [-0.1, -0.05) is 18.6 Å². The first-order chi connectivity index (χ1) is 11.3. The summed E-state index contributed by atoms with van der Waals surface area (Å²) in [6.45, 7) is 3.62. The minimum atomic E-state index is -0.204. The summed E-state index contributed by atoms with van der Waals surface area (Å²) in [4.78, 5) is 2.37. The summed E-state index contributed by atoms with van der Waals surface area (Å²) >= 11 is 0. The van der Waals surface area contributed by atoms with E-state index in [-0.39, 0.29) is 12.1 Å². The summed E-state index contributed by atoms with van der Waals surface area (Å²) in [7, 11) is 0. The maximum Gasteiger partial charge on any atom is 0.137 e. The standard InChI is InChI=1S/C18H24N2O3/c19-12-14-4-1-2-7-18(14)23-11-9-20-8-10-22-13-16(20)15-5-3-6-17(15)21/h1-2,4,7,15-17,21H,3,5-6,8-11,13H2. The number of aliphatic hydroxyl groups is 1. The van der Waals surface area contributed by atoms with Gasteiger partial charge in [0.1, 0.15) is 18.4 Å². The van der Waals surface area contributed by atoms with Gasteiger partial charge < -0.3 is 14.6 Å². The van der Waals surface area contributed by atoms with E-state index in [2.05, 4.69) is 11.0 Å². The van der Waals surface area contributed by atoms with Crippen LogP contribution in [0.4, 0.5) is 0 Å². The summed E-state index contributed by atoms with van der Waals surface area (Å²) in [5.41, 5.74) is 0.567. The zero-order chi connectivity index (χ0) is 16.1. The lowest BCUT2D eigenvalue weighted by Crippen LogP contribution is -2.52. The highest BCUT2D eigenvalue weighted by molar-refractivity contribution is 5.42. The molecule has 0 spiro atoms. The fourth-order valence-electron chi connectivity index (χ4n) is 3.70. The largest absolute Gasteiger partial charge is 0.491 e. The molecule has 1 N–H and O–H groups in total. The van der Waals surface area contributed by atoms with Gasteiger partial charge in [0, 0.05) is 25.0 Å². The van der Waals surface area contributed by atoms with Gasteiger partial charge in [0.15, 0.2) is 0 Å². The van der Waals surface area contributed by atoms with Gasteiger partial charge in [0.2, 0.25) is 0 Å². The Bertz CT molecular complexity index is 557. The SMILES string of the molecule is N#Cc1ccccc1OCCN1CCOCC1C1CCCC1O. The Balaban J connectivity index is 1.56. The molecule has 1 saturated carbocycles. The molecule has 2 aliphatic rings. The van der Waals surface area contributed by atoms with Gasteiger partial charge in [0.05, 0.1) is 24.9 Å². The van der Waals surface area contributed by atoms with E-state index in [9.17, 15) is 5.11 Å². The Hall–Kier alpha value is -1.61. The van der Waals surface area contributed by atoms with Gasteiger partial charge in [-0.05, 0) is 25.0 Å². The van der Waals surface area contributed by atoms with E-state index in [0.29, 0.717) is 30.4 Å². The van der Waals surface area contributed by atoms with E-state index in [1.165, 1.54) is 0 Å². The van der Waals surface area contributed by atoms with E-state index in [1.54, 1.807) is 6.07 Å². The molecule has 23 heavy (non-hydrogen) atoms. The van der Waals surface area contributed by atoms with Gasteiger partial charge in [0.25, 0.3) is 0 Å². The second kappa shape index (κ2) is 7.78. The van der Waals surface area contributed by atoms with Crippen molar-refractivity contribution in [3.63, 3.8) is 0 Å². The first kappa shape index (κ1) is 16.3. The Labute approximate surface area is 137 Å². The van der Waals surface area contributed by atoms with Crippen LogP contribution in [0, 0.1) is 17.2 Å². The number of hydrogen-bond donors (Lipinski definition) is 1. The summed E-state index contributed by atoms with van der Waals surface area (Å²) < 4.78 is 11.4. The molecule has 1 aliphatic carbocycles. The monoisotopic (exact) mass is 316 g/mol. The number of aliphatic hydroxyl groups excluding tert-OH is 1. The van der Waals surface area contributed by atoms with Crippen LogP contribution in [-0.2, 0) is 4.74 Å². The molecule has 5 heteroatoms. The Morgan fingerprint density at radius 2 is 2.22 bits per heavy atom. The van der Waals surface area contributed by atoms with Crippen molar-refractivity contribution in [1.29, 1.82) is 5.26 Å². The lowest BCUT2D eigenvalue weighted by molar-refractivity contribution is -0.0532. The van der Waals surface area contributed by atoms with E-state index in [1.807, 2.05) is 18.2 Å². The Morgan fingerprint density at radius 3 is 3.00 bits per heavy atom. The number of rotatable bonds is 5. The zero-order valence-electron chi connectivity index (χ0n) is 13.4. The number of hydrogen-bond acceptors (Lipinski definition) is 5. The maximum atomic E-state index is 10.2. The topological polar surface area (TPSA) is 65.7 Å². The number of para-hydroxylation sites is 1. The van der Waals surface area contributed by atoms with Crippen LogP contribution in [0.3, 0.4) is 0 Å². The van der Waals surface area contributed by atoms with Crippen molar-refractivity contribution < 1.29 is 14.6 Å². The molecule has 3 atom stereocenters. The van der Waals surface area contributed by atoms with Crippen LogP contribution in [0.15, 0.2) is 24.3 Å². The van der Waals surface area contributed by atoms with Crippen LogP contribution < -0.4 is 4.74 Å². The second-order valence-electron chi connectivity index (χ2n) is 6.30. The highest BCUT2D eigenvalue weighted by Crippen LogP contribution is 2.32. The van der Waals surface area contributed by atoms with Crippen molar-refractivity contribution in [3.8, 4) is 11.8 Å². The van der Waals surface area contributed by atoms with Crippen molar-refractivity contribution in [2.45, 2.75) is 31.4 Å². The smallest absolute Gasteiger partial charge is 0.137 e. The highest BCUT2D eigenvalue weighted by Gasteiger charge is 2.37. The molecule has 1 aromatic rings. The Morgan fingerprint density at radius 1 is 1.35 bits per heavy atom. The Kier molecular flexibility index (Phi) is 5.50.